The van der Waals surface area contributed by atoms with Crippen LogP contribution in [0.4, 0.5) is 18.9 Å². The van der Waals surface area contributed by atoms with E-state index < -0.39 is 15.5 Å². The van der Waals surface area contributed by atoms with Gasteiger partial charge in [-0.25, -0.2) is 0 Å². The molecule has 0 bridgehead atoms. The number of aromatic nitrogens is 1. The molecule has 188 valence electrons. The first-order valence-corrected chi connectivity index (χ1v) is 13.0. The van der Waals surface area contributed by atoms with E-state index in [4.69, 9.17) is 4.74 Å². The molecule has 4 rings (SSSR count). The number of sulfonamides is 1. The molecule has 3 aromatic rings. The molecule has 0 atom stereocenters. The number of likely N-dealkylation sites (tertiary alicyclic amines) is 1. The average molecular weight is 508 g/mol. The SMILES string of the molecule is Cc1ccc2c(OCCN3CCC(Cc4cccc(NS(=O)(=O)C(F)(F)F)c4)CC3)cccc2n1. The molecule has 2 aromatic carbocycles. The standard InChI is InChI=1S/C25H28F3N3O3S/c1-18-8-9-22-23(29-18)6-3-7-24(22)34-15-14-31-12-10-19(11-13-31)16-20-4-2-5-21(17-20)30-35(32,33)25(26,27)28/h2-9,17,19,30H,10-16H2,1H3. The second-order valence-electron chi connectivity index (χ2n) is 8.86. The Labute approximate surface area is 203 Å². The first-order chi connectivity index (χ1) is 16.6. The number of ether oxygens (including phenoxy) is 1. The van der Waals surface area contributed by atoms with Gasteiger partial charge < -0.3 is 4.74 Å². The predicted octanol–water partition coefficient (Wildman–Crippen LogP) is 5.14. The maximum atomic E-state index is 12.6. The van der Waals surface area contributed by atoms with Crippen LogP contribution in [0.1, 0.15) is 24.1 Å². The summed E-state index contributed by atoms with van der Waals surface area (Å²) < 4.78 is 68.3. The van der Waals surface area contributed by atoms with Gasteiger partial charge in [-0.05, 0) is 87.2 Å². The summed E-state index contributed by atoms with van der Waals surface area (Å²) in [6, 6.07) is 16.1. The minimum absolute atomic E-state index is 0.0757. The maximum absolute atomic E-state index is 12.6. The Balaban J connectivity index is 1.25. The second-order valence-corrected chi connectivity index (χ2v) is 10.5. The van der Waals surface area contributed by atoms with Gasteiger partial charge in [0.1, 0.15) is 12.4 Å². The third-order valence-electron chi connectivity index (χ3n) is 6.21. The highest BCUT2D eigenvalue weighted by Gasteiger charge is 2.46. The van der Waals surface area contributed by atoms with Gasteiger partial charge in [-0.2, -0.15) is 21.6 Å². The summed E-state index contributed by atoms with van der Waals surface area (Å²) in [7, 11) is -5.42. The molecule has 1 saturated heterocycles. The Morgan fingerprint density at radius 1 is 1.09 bits per heavy atom. The number of nitrogens with one attached hydrogen (secondary N) is 1. The van der Waals surface area contributed by atoms with E-state index in [1.165, 1.54) is 12.1 Å². The van der Waals surface area contributed by atoms with Crippen LogP contribution in [0.2, 0.25) is 0 Å². The number of halogens is 3. The first-order valence-electron chi connectivity index (χ1n) is 11.5. The van der Waals surface area contributed by atoms with Crippen LogP contribution >= 0.6 is 0 Å². The van der Waals surface area contributed by atoms with Gasteiger partial charge >= 0.3 is 15.5 Å². The van der Waals surface area contributed by atoms with E-state index in [1.54, 1.807) is 10.8 Å². The Morgan fingerprint density at radius 2 is 1.83 bits per heavy atom. The number of fused-ring (bicyclic) bond motifs is 1. The lowest BCUT2D eigenvalue weighted by molar-refractivity contribution is -0.0429. The van der Waals surface area contributed by atoms with Gasteiger partial charge in [-0.1, -0.05) is 18.2 Å². The largest absolute Gasteiger partial charge is 0.516 e. The van der Waals surface area contributed by atoms with Crippen LogP contribution < -0.4 is 9.46 Å². The molecule has 1 aromatic heterocycles. The van der Waals surface area contributed by atoms with Crippen LogP contribution in [0.15, 0.2) is 54.6 Å². The molecule has 0 radical (unpaired) electrons. The lowest BCUT2D eigenvalue weighted by Crippen LogP contribution is -2.37. The fraction of sp³-hybridized carbons (Fsp3) is 0.400. The monoisotopic (exact) mass is 507 g/mol. The van der Waals surface area contributed by atoms with E-state index in [9.17, 15) is 21.6 Å². The van der Waals surface area contributed by atoms with Crippen LogP contribution in [-0.2, 0) is 16.4 Å². The number of alkyl halides is 3. The van der Waals surface area contributed by atoms with E-state index in [0.717, 1.165) is 60.4 Å². The van der Waals surface area contributed by atoms with Gasteiger partial charge in [0.25, 0.3) is 0 Å². The Kier molecular flexibility index (Phi) is 7.51. The van der Waals surface area contributed by atoms with Crippen LogP contribution in [0.25, 0.3) is 10.9 Å². The average Bonchev–Trinajstić information content (AvgIpc) is 2.79. The van der Waals surface area contributed by atoms with E-state index in [2.05, 4.69) is 9.88 Å². The molecular formula is C25H28F3N3O3S. The Bertz CT molecular complexity index is 1270. The van der Waals surface area contributed by atoms with Gasteiger partial charge in [0, 0.05) is 23.3 Å². The summed E-state index contributed by atoms with van der Waals surface area (Å²) in [5.74, 6) is 1.21. The molecule has 0 unspecified atom stereocenters. The molecule has 1 aliphatic rings. The molecule has 0 amide bonds. The van der Waals surface area contributed by atoms with Gasteiger partial charge in [-0.15, -0.1) is 0 Å². The number of benzene rings is 2. The minimum atomic E-state index is -5.42. The van der Waals surface area contributed by atoms with Gasteiger partial charge in [0.05, 0.1) is 5.52 Å². The van der Waals surface area contributed by atoms with E-state index in [0.29, 0.717) is 18.9 Å². The molecule has 0 saturated carbocycles. The number of nitrogens with zero attached hydrogens (tertiary/aromatic N) is 2. The lowest BCUT2D eigenvalue weighted by atomic mass is 9.90. The molecule has 10 heteroatoms. The number of pyridine rings is 1. The Morgan fingerprint density at radius 3 is 2.57 bits per heavy atom. The second kappa shape index (κ2) is 10.4. The summed E-state index contributed by atoms with van der Waals surface area (Å²) in [5.41, 5.74) is -2.73. The van der Waals surface area contributed by atoms with Gasteiger partial charge in [0.15, 0.2) is 0 Å². The predicted molar refractivity (Wildman–Crippen MR) is 130 cm³/mol. The van der Waals surface area contributed by atoms with Crippen molar-refractivity contribution in [3.63, 3.8) is 0 Å². The third kappa shape index (κ3) is 6.43. The van der Waals surface area contributed by atoms with Crippen molar-refractivity contribution in [1.29, 1.82) is 0 Å². The molecule has 6 nitrogen and oxygen atoms in total. The zero-order chi connectivity index (χ0) is 25.1. The van der Waals surface area contributed by atoms with E-state index >= 15 is 0 Å². The Hall–Kier alpha value is -2.85. The number of anilines is 1. The summed E-state index contributed by atoms with van der Waals surface area (Å²) in [5, 5.41) is 0.997. The van der Waals surface area contributed by atoms with Crippen molar-refractivity contribution in [2.24, 2.45) is 5.92 Å². The van der Waals surface area contributed by atoms with Gasteiger partial charge in [0.2, 0.25) is 0 Å². The fourth-order valence-electron chi connectivity index (χ4n) is 4.36. The van der Waals surface area contributed by atoms with Crippen molar-refractivity contribution in [1.82, 2.24) is 9.88 Å². The van der Waals surface area contributed by atoms with Crippen molar-refractivity contribution in [3.05, 3.63) is 65.9 Å². The molecular weight excluding hydrogens is 479 g/mol. The molecule has 0 aliphatic carbocycles. The maximum Gasteiger partial charge on any atom is 0.516 e. The van der Waals surface area contributed by atoms with E-state index in [-0.39, 0.29) is 5.69 Å². The lowest BCUT2D eigenvalue weighted by Gasteiger charge is -2.32. The van der Waals surface area contributed by atoms with Crippen LogP contribution in [0.5, 0.6) is 5.75 Å². The quantitative estimate of drug-likeness (QED) is 0.457. The summed E-state index contributed by atoms with van der Waals surface area (Å²) in [6.45, 7) is 5.15. The zero-order valence-electron chi connectivity index (χ0n) is 19.4. The van der Waals surface area contributed by atoms with E-state index in [1.807, 2.05) is 43.3 Å². The number of hydrogen-bond acceptors (Lipinski definition) is 5. The highest BCUT2D eigenvalue weighted by molar-refractivity contribution is 7.93. The summed E-state index contributed by atoms with van der Waals surface area (Å²) in [4.78, 5) is 6.88. The minimum Gasteiger partial charge on any atom is -0.492 e. The van der Waals surface area contributed by atoms with Gasteiger partial charge in [-0.3, -0.25) is 14.6 Å². The highest BCUT2D eigenvalue weighted by Crippen LogP contribution is 2.28. The van der Waals surface area contributed by atoms with Crippen molar-refractivity contribution < 1.29 is 26.3 Å². The van der Waals surface area contributed by atoms with Crippen LogP contribution in [0.3, 0.4) is 0 Å². The number of aryl methyl sites for hydroxylation is 1. The number of hydrogen-bond donors (Lipinski definition) is 1. The number of rotatable bonds is 8. The highest BCUT2D eigenvalue weighted by atomic mass is 32.2. The van der Waals surface area contributed by atoms with Crippen molar-refractivity contribution >= 4 is 26.6 Å². The zero-order valence-corrected chi connectivity index (χ0v) is 20.2. The molecule has 35 heavy (non-hydrogen) atoms. The molecule has 1 N–H and O–H groups in total. The van der Waals surface area contributed by atoms with Crippen molar-refractivity contribution in [3.8, 4) is 5.75 Å². The fourth-order valence-corrected chi connectivity index (χ4v) is 4.91. The summed E-state index contributed by atoms with van der Waals surface area (Å²) in [6.07, 6.45) is 2.60. The van der Waals surface area contributed by atoms with Crippen molar-refractivity contribution in [2.45, 2.75) is 31.7 Å². The molecule has 0 spiro atoms. The molecule has 1 aliphatic heterocycles. The normalized spacial score (nSPS) is 15.9. The van der Waals surface area contributed by atoms with Crippen LogP contribution in [-0.4, -0.2) is 50.1 Å². The first kappa shape index (κ1) is 25.2. The summed E-state index contributed by atoms with van der Waals surface area (Å²) >= 11 is 0. The van der Waals surface area contributed by atoms with Crippen LogP contribution in [0, 0.1) is 12.8 Å². The van der Waals surface area contributed by atoms with Crippen molar-refractivity contribution in [2.75, 3.05) is 31.0 Å². The molecule has 1 fully saturated rings. The molecule has 2 heterocycles. The topological polar surface area (TPSA) is 71.5 Å². The third-order valence-corrected chi connectivity index (χ3v) is 7.33. The smallest absolute Gasteiger partial charge is 0.492 e. The number of piperidine rings is 1.